The molecule has 0 saturated heterocycles. The van der Waals surface area contributed by atoms with Crippen LogP contribution >= 0.6 is 11.6 Å². The van der Waals surface area contributed by atoms with Gasteiger partial charge in [-0.05, 0) is 47.2 Å². The van der Waals surface area contributed by atoms with Crippen molar-refractivity contribution in [2.24, 2.45) is 0 Å². The van der Waals surface area contributed by atoms with Crippen LogP contribution in [0.4, 0.5) is 0 Å². The van der Waals surface area contributed by atoms with Crippen LogP contribution < -0.4 is 4.18 Å². The third kappa shape index (κ3) is 3.81. The van der Waals surface area contributed by atoms with E-state index in [0.29, 0.717) is 17.2 Å². The predicted molar refractivity (Wildman–Crippen MR) is 107 cm³/mol. The number of halogens is 1. The summed E-state index contributed by atoms with van der Waals surface area (Å²) in [5.74, 6) is 1.30. The molecule has 0 radical (unpaired) electrons. The maximum absolute atomic E-state index is 12.6. The Labute approximate surface area is 167 Å². The topological polar surface area (TPSA) is 82.0 Å². The van der Waals surface area contributed by atoms with Crippen LogP contribution in [0.3, 0.4) is 0 Å². The van der Waals surface area contributed by atoms with Crippen molar-refractivity contribution in [1.82, 2.24) is 15.0 Å². The minimum absolute atomic E-state index is 0.0968. The average molecular weight is 412 g/mol. The predicted octanol–water partition coefficient (Wildman–Crippen LogP) is 4.20. The smallest absolute Gasteiger partial charge is 0.339 e. The summed E-state index contributed by atoms with van der Waals surface area (Å²) in [4.78, 5) is 12.4. The van der Waals surface area contributed by atoms with Gasteiger partial charge in [-0.15, -0.1) is 11.6 Å². The highest BCUT2D eigenvalue weighted by Crippen LogP contribution is 2.24. The first kappa shape index (κ1) is 18.3. The van der Waals surface area contributed by atoms with Crippen molar-refractivity contribution in [1.29, 1.82) is 0 Å². The molecule has 140 valence electrons. The summed E-state index contributed by atoms with van der Waals surface area (Å²) in [5.41, 5.74) is 0.698. The molecule has 0 spiro atoms. The lowest BCUT2D eigenvalue weighted by Gasteiger charge is -2.09. The fourth-order valence-electron chi connectivity index (χ4n) is 2.69. The van der Waals surface area contributed by atoms with Crippen LogP contribution in [0.15, 0.2) is 78.0 Å². The number of benzene rings is 3. The Balaban J connectivity index is 1.58. The Bertz CT molecular complexity index is 1250. The second kappa shape index (κ2) is 7.53. The zero-order chi connectivity index (χ0) is 19.6. The van der Waals surface area contributed by atoms with Crippen molar-refractivity contribution < 1.29 is 12.6 Å². The largest absolute Gasteiger partial charge is 0.379 e. The van der Waals surface area contributed by atoms with Gasteiger partial charge in [-0.25, -0.2) is 15.0 Å². The van der Waals surface area contributed by atoms with Gasteiger partial charge in [0.1, 0.15) is 22.8 Å². The molecule has 4 aromatic rings. The van der Waals surface area contributed by atoms with Gasteiger partial charge in [0.25, 0.3) is 0 Å². The van der Waals surface area contributed by atoms with E-state index < -0.39 is 10.1 Å². The van der Waals surface area contributed by atoms with E-state index in [1.54, 1.807) is 36.4 Å². The number of hydrogen-bond acceptors (Lipinski definition) is 6. The summed E-state index contributed by atoms with van der Waals surface area (Å²) in [7, 11) is -3.95. The average Bonchev–Trinajstić information content (AvgIpc) is 2.73. The number of hydrogen-bond donors (Lipinski definition) is 0. The Hall–Kier alpha value is -3.03. The molecular weight excluding hydrogens is 398 g/mol. The van der Waals surface area contributed by atoms with Crippen molar-refractivity contribution in [3.05, 3.63) is 78.9 Å². The molecule has 0 unspecified atom stereocenters. The second-order valence-corrected chi connectivity index (χ2v) is 7.74. The molecule has 0 aliphatic rings. The Kier molecular flexibility index (Phi) is 4.93. The third-order valence-electron chi connectivity index (χ3n) is 4.07. The first-order valence-corrected chi connectivity index (χ1v) is 10.3. The molecule has 3 aromatic carbocycles. The van der Waals surface area contributed by atoms with Crippen molar-refractivity contribution >= 4 is 32.5 Å². The molecule has 0 aliphatic carbocycles. The fraction of sp³-hybridized carbons (Fsp3) is 0.0500. The zero-order valence-corrected chi connectivity index (χ0v) is 16.1. The van der Waals surface area contributed by atoms with Crippen molar-refractivity contribution in [3.63, 3.8) is 0 Å². The summed E-state index contributed by atoms with van der Waals surface area (Å²) < 4.78 is 30.5. The highest BCUT2D eigenvalue weighted by molar-refractivity contribution is 7.87. The SMILES string of the molecule is O=S(=O)(Oc1ccc(-c2ncnc(CCl)n2)cc1)c1ccc2ccccc2c1. The molecule has 28 heavy (non-hydrogen) atoms. The summed E-state index contributed by atoms with van der Waals surface area (Å²) in [6.07, 6.45) is 1.38. The lowest BCUT2D eigenvalue weighted by molar-refractivity contribution is 0.486. The third-order valence-corrected chi connectivity index (χ3v) is 5.55. The molecule has 0 bridgehead atoms. The maximum atomic E-state index is 12.6. The van der Waals surface area contributed by atoms with Crippen molar-refractivity contribution in [3.8, 4) is 17.1 Å². The first-order valence-electron chi connectivity index (χ1n) is 8.33. The lowest BCUT2D eigenvalue weighted by Crippen LogP contribution is -2.09. The van der Waals surface area contributed by atoms with Gasteiger partial charge < -0.3 is 4.18 Å². The minimum Gasteiger partial charge on any atom is -0.379 e. The van der Waals surface area contributed by atoms with E-state index in [4.69, 9.17) is 15.8 Å². The molecule has 8 heteroatoms. The Morgan fingerprint density at radius 3 is 2.39 bits per heavy atom. The van der Waals surface area contributed by atoms with Gasteiger partial charge in [0.05, 0.1) is 5.88 Å². The molecule has 0 N–H and O–H groups in total. The van der Waals surface area contributed by atoms with Gasteiger partial charge in [0, 0.05) is 5.56 Å². The van der Waals surface area contributed by atoms with Gasteiger partial charge >= 0.3 is 10.1 Å². The molecule has 0 aliphatic heterocycles. The van der Waals surface area contributed by atoms with Crippen molar-refractivity contribution in [2.45, 2.75) is 10.8 Å². The van der Waals surface area contributed by atoms with Gasteiger partial charge in [0.2, 0.25) is 0 Å². The molecule has 4 rings (SSSR count). The van der Waals surface area contributed by atoms with Crippen molar-refractivity contribution in [2.75, 3.05) is 0 Å². The molecule has 1 aromatic heterocycles. The molecule has 6 nitrogen and oxygen atoms in total. The van der Waals surface area contributed by atoms with Crippen LogP contribution in [-0.4, -0.2) is 23.4 Å². The van der Waals surface area contributed by atoms with Gasteiger partial charge in [-0.2, -0.15) is 8.42 Å². The van der Waals surface area contributed by atoms with E-state index in [0.717, 1.165) is 10.8 Å². The summed E-state index contributed by atoms with van der Waals surface area (Å²) in [5, 5.41) is 1.78. The standard InChI is InChI=1S/C20H14ClN3O3S/c21-12-19-22-13-23-20(24-19)15-5-8-17(9-6-15)27-28(25,26)18-10-7-14-3-1-2-4-16(14)11-18/h1-11,13H,12H2. The van der Waals surface area contributed by atoms with Crippen LogP contribution in [0.2, 0.25) is 0 Å². The summed E-state index contributed by atoms with van der Waals surface area (Å²) >= 11 is 5.74. The molecule has 0 atom stereocenters. The summed E-state index contributed by atoms with van der Waals surface area (Å²) in [6.45, 7) is 0. The van der Waals surface area contributed by atoms with E-state index in [9.17, 15) is 8.42 Å². The molecular formula is C20H14ClN3O3S. The first-order chi connectivity index (χ1) is 13.5. The van der Waals surface area contributed by atoms with E-state index in [1.807, 2.05) is 24.3 Å². The Morgan fingerprint density at radius 1 is 0.893 bits per heavy atom. The van der Waals surface area contributed by atoms with Crippen LogP contribution in [0.5, 0.6) is 5.75 Å². The minimum atomic E-state index is -3.95. The zero-order valence-electron chi connectivity index (χ0n) is 14.5. The van der Waals surface area contributed by atoms with Crippen LogP contribution in [-0.2, 0) is 16.0 Å². The fourth-order valence-corrected chi connectivity index (χ4v) is 3.79. The van der Waals surface area contributed by atoms with E-state index >= 15 is 0 Å². The number of nitrogens with zero attached hydrogens (tertiary/aromatic N) is 3. The number of rotatable bonds is 5. The maximum Gasteiger partial charge on any atom is 0.339 e. The highest BCUT2D eigenvalue weighted by atomic mass is 35.5. The molecule has 0 saturated carbocycles. The normalized spacial score (nSPS) is 11.5. The second-order valence-electron chi connectivity index (χ2n) is 5.93. The lowest BCUT2D eigenvalue weighted by atomic mass is 10.1. The van der Waals surface area contributed by atoms with Gasteiger partial charge in [-0.1, -0.05) is 30.3 Å². The quantitative estimate of drug-likeness (QED) is 0.361. The molecule has 0 fully saturated rings. The monoisotopic (exact) mass is 411 g/mol. The van der Waals surface area contributed by atoms with Crippen LogP contribution in [0.1, 0.15) is 5.82 Å². The highest BCUT2D eigenvalue weighted by Gasteiger charge is 2.17. The summed E-state index contributed by atoms with van der Waals surface area (Å²) in [6, 6.07) is 18.9. The number of aromatic nitrogens is 3. The molecule has 0 amide bonds. The molecule has 1 heterocycles. The van der Waals surface area contributed by atoms with E-state index in [2.05, 4.69) is 15.0 Å². The number of fused-ring (bicyclic) bond motifs is 1. The number of alkyl halides is 1. The Morgan fingerprint density at radius 2 is 1.64 bits per heavy atom. The van der Waals surface area contributed by atoms with Crippen LogP contribution in [0, 0.1) is 0 Å². The van der Waals surface area contributed by atoms with Crippen LogP contribution in [0.25, 0.3) is 22.2 Å². The van der Waals surface area contributed by atoms with Gasteiger partial charge in [-0.3, -0.25) is 0 Å². The van der Waals surface area contributed by atoms with Gasteiger partial charge in [0.15, 0.2) is 5.82 Å². The van der Waals surface area contributed by atoms with E-state index in [1.165, 1.54) is 12.4 Å². The van der Waals surface area contributed by atoms with E-state index in [-0.39, 0.29) is 16.5 Å².